The summed E-state index contributed by atoms with van der Waals surface area (Å²) < 4.78 is 27.3. The number of carbonyl (C=O) groups excluding carboxylic acids is 4. The van der Waals surface area contributed by atoms with Gasteiger partial charge >= 0.3 is 6.09 Å². The lowest BCUT2D eigenvalue weighted by Crippen LogP contribution is -2.48. The molecule has 0 bridgehead atoms. The first-order chi connectivity index (χ1) is 36.5. The molecular formula is C57H68N8O11. The van der Waals surface area contributed by atoms with Crippen molar-refractivity contribution >= 4 is 23.8 Å². The zero-order valence-corrected chi connectivity index (χ0v) is 44.0. The van der Waals surface area contributed by atoms with Gasteiger partial charge < -0.3 is 53.9 Å². The summed E-state index contributed by atoms with van der Waals surface area (Å²) in [6.07, 6.45) is 5.34. The van der Waals surface area contributed by atoms with Crippen LogP contribution in [0, 0.1) is 0 Å². The molecule has 402 valence electrons. The van der Waals surface area contributed by atoms with Crippen molar-refractivity contribution in [1.82, 2.24) is 39.9 Å². The molecule has 19 nitrogen and oxygen atoms in total. The summed E-state index contributed by atoms with van der Waals surface area (Å²) in [5.74, 6) is -2.03. The average molecular weight is 1040 g/mol. The number of ether oxygens (including phenoxy) is 4. The van der Waals surface area contributed by atoms with Crippen molar-refractivity contribution in [1.29, 1.82) is 0 Å². The molecule has 4 amide bonds. The number of aromatic nitrogens is 3. The smallest absolute Gasteiger partial charge is 0.407 e. The highest BCUT2D eigenvalue weighted by molar-refractivity contribution is 5.98. The maximum absolute atomic E-state index is 14.4. The van der Waals surface area contributed by atoms with E-state index < -0.39 is 52.1 Å². The number of carbonyl (C=O) groups is 4. The van der Waals surface area contributed by atoms with Crippen LogP contribution in [-0.2, 0) is 45.7 Å². The second kappa shape index (κ2) is 27.7. The van der Waals surface area contributed by atoms with Gasteiger partial charge in [0.1, 0.15) is 25.4 Å². The molecule has 0 fully saturated rings. The predicted octanol–water partition coefficient (Wildman–Crippen LogP) is 5.48. The van der Waals surface area contributed by atoms with Gasteiger partial charge in [0.2, 0.25) is 0 Å². The maximum atomic E-state index is 14.4. The van der Waals surface area contributed by atoms with Gasteiger partial charge in [0.05, 0.1) is 16.7 Å². The molecule has 1 atom stereocenters. The fourth-order valence-corrected chi connectivity index (χ4v) is 7.90. The highest BCUT2D eigenvalue weighted by atomic mass is 16.6. The number of rotatable bonds is 26. The van der Waals surface area contributed by atoms with Gasteiger partial charge in [-0.1, -0.05) is 91.0 Å². The zero-order valence-electron chi connectivity index (χ0n) is 44.0. The molecule has 6 rings (SSSR count). The lowest BCUT2D eigenvalue weighted by Gasteiger charge is -2.29. The summed E-state index contributed by atoms with van der Waals surface area (Å²) in [6.45, 7) is 6.43. The van der Waals surface area contributed by atoms with Gasteiger partial charge in [0.15, 0.2) is 17.2 Å². The van der Waals surface area contributed by atoms with Crippen molar-refractivity contribution < 1.29 is 38.1 Å². The Labute approximate surface area is 441 Å². The summed E-state index contributed by atoms with van der Waals surface area (Å²) in [7, 11) is 4.69. The minimum atomic E-state index is -0.683. The molecule has 3 heterocycles. The van der Waals surface area contributed by atoms with E-state index in [4.69, 9.17) is 18.9 Å². The van der Waals surface area contributed by atoms with E-state index in [9.17, 15) is 33.6 Å². The van der Waals surface area contributed by atoms with Gasteiger partial charge in [-0.2, -0.15) is 0 Å². The van der Waals surface area contributed by atoms with Gasteiger partial charge in [-0.05, 0) is 74.9 Å². The Kier molecular flexibility index (Phi) is 20.7. The van der Waals surface area contributed by atoms with Crippen molar-refractivity contribution in [2.45, 2.75) is 71.5 Å². The van der Waals surface area contributed by atoms with Crippen molar-refractivity contribution in [2.75, 3.05) is 39.3 Å². The third-order valence-electron chi connectivity index (χ3n) is 12.0. The molecular weight excluding hydrogens is 973 g/mol. The molecule has 0 aliphatic rings. The number of unbranched alkanes of at least 4 members (excludes halogenated alkanes) is 1. The Hall–Kier alpha value is -8.45. The van der Waals surface area contributed by atoms with E-state index in [0.717, 1.165) is 16.7 Å². The Morgan fingerprint density at radius 3 is 1.28 bits per heavy atom. The van der Waals surface area contributed by atoms with Crippen LogP contribution in [0.5, 0.6) is 17.2 Å². The van der Waals surface area contributed by atoms with Crippen LogP contribution >= 0.6 is 0 Å². The highest BCUT2D eigenvalue weighted by Gasteiger charge is 2.25. The van der Waals surface area contributed by atoms with E-state index in [0.29, 0.717) is 25.8 Å². The molecule has 3 aromatic carbocycles. The SMILES string of the molecule is Cn1ccc(C(=O)NCCN(CCNC(=O)c2ccn(C)c(=O)c2OCc2ccccc2)CC(CCCCNC(=O)OC(C)(C)C)NC(=O)c2ccn(C)c(=O)c2OCc2ccccc2)c(OCc2ccccc2)c1=O. The first-order valence-corrected chi connectivity index (χ1v) is 25.1. The van der Waals surface area contributed by atoms with E-state index in [1.54, 1.807) is 41.9 Å². The molecule has 19 heteroatoms. The van der Waals surface area contributed by atoms with Crippen LogP contribution in [0.2, 0.25) is 0 Å². The molecule has 76 heavy (non-hydrogen) atoms. The standard InChI is InChI=1S/C57H68N8O11/c1-57(2,3)76-56(72)60-28-17-16-24-43(61-52(68)46-27-33-64(6)55(71)49(46)75-39-42-22-14-9-15-23-42)36-65(34-29-58-50(66)44-25-31-62(4)53(69)47(44)73-37-40-18-10-7-11-19-40)35-30-59-51(67)45-26-32-63(5)54(70)48(45)74-38-41-20-12-8-13-21-41/h7-15,18-23,25-27,31-33,43H,16-17,24,28-30,34-39H2,1-6H3,(H,58,66)(H,59,67)(H,60,72)(H,61,68). The van der Waals surface area contributed by atoms with Crippen molar-refractivity contribution in [3.63, 3.8) is 0 Å². The summed E-state index contributed by atoms with van der Waals surface area (Å²) in [4.78, 5) is 96.7. The Morgan fingerprint density at radius 2 is 0.895 bits per heavy atom. The second-order valence-electron chi connectivity index (χ2n) is 19.2. The number of pyridine rings is 3. The number of nitrogens with one attached hydrogen (secondary N) is 4. The van der Waals surface area contributed by atoms with Crippen molar-refractivity contribution in [2.24, 2.45) is 21.1 Å². The molecule has 0 saturated carbocycles. The average Bonchev–Trinajstić information content (AvgIpc) is 3.40. The molecule has 0 saturated heterocycles. The summed E-state index contributed by atoms with van der Waals surface area (Å²) in [5.41, 5.74) is 0.353. The normalized spacial score (nSPS) is 11.6. The summed E-state index contributed by atoms with van der Waals surface area (Å²) in [6, 6.07) is 31.7. The van der Waals surface area contributed by atoms with Crippen LogP contribution < -0.4 is 52.2 Å². The van der Waals surface area contributed by atoms with Crippen molar-refractivity contribution in [3.05, 3.63) is 192 Å². The minimum absolute atomic E-state index is 0.0280. The minimum Gasteiger partial charge on any atom is -0.482 e. The maximum Gasteiger partial charge on any atom is 0.407 e. The van der Waals surface area contributed by atoms with E-state index in [-0.39, 0.29) is 86.5 Å². The molecule has 0 aliphatic carbocycles. The molecule has 1 unspecified atom stereocenters. The number of benzene rings is 3. The van der Waals surface area contributed by atoms with E-state index in [2.05, 4.69) is 21.3 Å². The molecule has 6 aromatic rings. The number of nitrogens with zero attached hydrogens (tertiary/aromatic N) is 4. The number of hydrogen-bond acceptors (Lipinski definition) is 12. The van der Waals surface area contributed by atoms with Gasteiger partial charge in [0.25, 0.3) is 34.4 Å². The predicted molar refractivity (Wildman–Crippen MR) is 288 cm³/mol. The lowest BCUT2D eigenvalue weighted by atomic mass is 10.1. The van der Waals surface area contributed by atoms with Gasteiger partial charge in [0, 0.05) is 85.0 Å². The Bertz CT molecular complexity index is 2960. The van der Waals surface area contributed by atoms with Gasteiger partial charge in [-0.15, -0.1) is 0 Å². The van der Waals surface area contributed by atoms with Crippen LogP contribution in [-0.4, -0.2) is 93.3 Å². The lowest BCUT2D eigenvalue weighted by molar-refractivity contribution is 0.0526. The van der Waals surface area contributed by atoms with E-state index in [1.807, 2.05) is 95.9 Å². The third-order valence-corrected chi connectivity index (χ3v) is 12.0. The number of amides is 4. The molecule has 4 N–H and O–H groups in total. The first-order valence-electron chi connectivity index (χ1n) is 25.1. The fourth-order valence-electron chi connectivity index (χ4n) is 7.90. The largest absolute Gasteiger partial charge is 0.482 e. The number of hydrogen-bond donors (Lipinski definition) is 4. The summed E-state index contributed by atoms with van der Waals surface area (Å²) >= 11 is 0. The van der Waals surface area contributed by atoms with E-state index in [1.165, 1.54) is 50.5 Å². The second-order valence-corrected chi connectivity index (χ2v) is 19.2. The first kappa shape index (κ1) is 56.8. The van der Waals surface area contributed by atoms with Crippen LogP contribution in [0.15, 0.2) is 142 Å². The molecule has 0 radical (unpaired) electrons. The highest BCUT2D eigenvalue weighted by Crippen LogP contribution is 2.19. The van der Waals surface area contributed by atoms with Crippen molar-refractivity contribution in [3.8, 4) is 17.2 Å². The fraction of sp³-hybridized carbons (Fsp3) is 0.351. The number of aryl methyl sites for hydroxylation is 3. The van der Waals surface area contributed by atoms with Gasteiger partial charge in [-0.3, -0.25) is 33.7 Å². The van der Waals surface area contributed by atoms with Crippen LogP contribution in [0.1, 0.15) is 87.8 Å². The zero-order chi connectivity index (χ0) is 54.6. The van der Waals surface area contributed by atoms with Gasteiger partial charge in [-0.25, -0.2) is 4.79 Å². The molecule has 0 spiro atoms. The van der Waals surface area contributed by atoms with Crippen LogP contribution in [0.4, 0.5) is 4.79 Å². The Balaban J connectivity index is 1.24. The van der Waals surface area contributed by atoms with E-state index >= 15 is 0 Å². The molecule has 3 aromatic heterocycles. The monoisotopic (exact) mass is 1040 g/mol. The quantitative estimate of drug-likeness (QED) is 0.0497. The molecule has 0 aliphatic heterocycles. The topological polar surface area (TPSA) is 223 Å². The summed E-state index contributed by atoms with van der Waals surface area (Å²) in [5, 5.41) is 11.7. The Morgan fingerprint density at radius 1 is 0.513 bits per heavy atom. The third kappa shape index (κ3) is 17.1. The number of alkyl carbamates (subject to hydrolysis) is 1. The van der Waals surface area contributed by atoms with Crippen LogP contribution in [0.25, 0.3) is 0 Å². The van der Waals surface area contributed by atoms with Crippen LogP contribution in [0.3, 0.4) is 0 Å².